The third kappa shape index (κ3) is 3.12. The SMILES string of the molecule is COC(C)(C)Cn1c(C(C)Cl)nc2ccc(Br)cc21. The Morgan fingerprint density at radius 1 is 1.47 bits per heavy atom. The minimum atomic E-state index is -0.267. The number of rotatable bonds is 4. The van der Waals surface area contributed by atoms with Gasteiger partial charge >= 0.3 is 0 Å². The van der Waals surface area contributed by atoms with Crippen LogP contribution in [0, 0.1) is 0 Å². The first kappa shape index (κ1) is 14.8. The van der Waals surface area contributed by atoms with E-state index < -0.39 is 0 Å². The zero-order chi connectivity index (χ0) is 14.2. The second kappa shape index (κ2) is 5.43. The quantitative estimate of drug-likeness (QED) is 0.762. The number of halogens is 2. The van der Waals surface area contributed by atoms with Crippen molar-refractivity contribution in [2.24, 2.45) is 0 Å². The Morgan fingerprint density at radius 2 is 2.16 bits per heavy atom. The van der Waals surface area contributed by atoms with E-state index >= 15 is 0 Å². The summed E-state index contributed by atoms with van der Waals surface area (Å²) in [6.45, 7) is 6.76. The van der Waals surface area contributed by atoms with E-state index in [2.05, 4.69) is 45.4 Å². The van der Waals surface area contributed by atoms with Crippen LogP contribution < -0.4 is 0 Å². The Balaban J connectivity index is 2.60. The lowest BCUT2D eigenvalue weighted by molar-refractivity contribution is 0.00842. The highest BCUT2D eigenvalue weighted by Gasteiger charge is 2.23. The fraction of sp³-hybridized carbons (Fsp3) is 0.500. The van der Waals surface area contributed by atoms with E-state index in [4.69, 9.17) is 16.3 Å². The Hall–Kier alpha value is -0.580. The van der Waals surface area contributed by atoms with Crippen molar-refractivity contribution in [3.05, 3.63) is 28.5 Å². The first-order chi connectivity index (χ1) is 8.84. The summed E-state index contributed by atoms with van der Waals surface area (Å²) in [4.78, 5) is 4.63. The predicted molar refractivity (Wildman–Crippen MR) is 82.8 cm³/mol. The highest BCUT2D eigenvalue weighted by Crippen LogP contribution is 2.28. The number of nitrogens with zero attached hydrogens (tertiary/aromatic N) is 2. The molecule has 2 rings (SSSR count). The molecular weight excluding hydrogens is 328 g/mol. The molecule has 0 bridgehead atoms. The van der Waals surface area contributed by atoms with Crippen molar-refractivity contribution >= 4 is 38.6 Å². The standard InChI is InChI=1S/C14H18BrClN2O/c1-9(16)13-17-11-6-5-10(15)7-12(11)18(13)8-14(2,3)19-4/h5-7,9H,8H2,1-4H3. The van der Waals surface area contributed by atoms with Gasteiger partial charge in [0.1, 0.15) is 5.82 Å². The van der Waals surface area contributed by atoms with Crippen LogP contribution in [-0.2, 0) is 11.3 Å². The van der Waals surface area contributed by atoms with E-state index in [9.17, 15) is 0 Å². The summed E-state index contributed by atoms with van der Waals surface area (Å²) >= 11 is 9.76. The molecule has 0 amide bonds. The number of methoxy groups -OCH3 is 1. The summed E-state index contributed by atoms with van der Waals surface area (Å²) in [6, 6.07) is 6.05. The zero-order valence-corrected chi connectivity index (χ0v) is 13.9. The van der Waals surface area contributed by atoms with Crippen molar-refractivity contribution in [3.8, 4) is 0 Å². The molecule has 19 heavy (non-hydrogen) atoms. The van der Waals surface area contributed by atoms with Crippen molar-refractivity contribution in [3.63, 3.8) is 0 Å². The van der Waals surface area contributed by atoms with E-state index in [1.165, 1.54) is 0 Å². The molecule has 0 N–H and O–H groups in total. The second-order valence-electron chi connectivity index (χ2n) is 5.27. The molecule has 1 aromatic heterocycles. The Labute approximate surface area is 127 Å². The van der Waals surface area contributed by atoms with E-state index in [0.29, 0.717) is 6.54 Å². The molecular formula is C14H18BrClN2O. The number of aromatic nitrogens is 2. The Bertz CT molecular complexity index is 592. The van der Waals surface area contributed by atoms with Crippen LogP contribution in [0.3, 0.4) is 0 Å². The van der Waals surface area contributed by atoms with Crippen LogP contribution in [0.5, 0.6) is 0 Å². The first-order valence-electron chi connectivity index (χ1n) is 6.19. The molecule has 0 aliphatic carbocycles. The molecule has 1 aromatic carbocycles. The van der Waals surface area contributed by atoms with E-state index in [1.807, 2.05) is 19.1 Å². The summed E-state index contributed by atoms with van der Waals surface area (Å²) in [7, 11) is 1.72. The minimum Gasteiger partial charge on any atom is -0.377 e. The first-order valence-corrected chi connectivity index (χ1v) is 7.42. The summed E-state index contributed by atoms with van der Waals surface area (Å²) in [5.41, 5.74) is 1.76. The molecule has 0 saturated carbocycles. The van der Waals surface area contributed by atoms with Gasteiger partial charge in [0.05, 0.1) is 28.6 Å². The van der Waals surface area contributed by atoms with Crippen LogP contribution in [0.1, 0.15) is 32.0 Å². The van der Waals surface area contributed by atoms with Crippen LogP contribution in [-0.4, -0.2) is 22.3 Å². The van der Waals surface area contributed by atoms with Crippen molar-refractivity contribution < 1.29 is 4.74 Å². The monoisotopic (exact) mass is 344 g/mol. The molecule has 2 aromatic rings. The van der Waals surface area contributed by atoms with Gasteiger partial charge in [0.25, 0.3) is 0 Å². The van der Waals surface area contributed by atoms with Crippen molar-refractivity contribution in [1.29, 1.82) is 0 Å². The van der Waals surface area contributed by atoms with Gasteiger partial charge in [-0.25, -0.2) is 4.98 Å². The molecule has 0 aliphatic rings. The minimum absolute atomic E-state index is 0.140. The fourth-order valence-corrected chi connectivity index (χ4v) is 2.55. The summed E-state index contributed by atoms with van der Waals surface area (Å²) < 4.78 is 8.69. The fourth-order valence-electron chi connectivity index (χ4n) is 2.03. The van der Waals surface area contributed by atoms with Crippen molar-refractivity contribution in [2.75, 3.05) is 7.11 Å². The van der Waals surface area contributed by atoms with E-state index in [0.717, 1.165) is 21.3 Å². The van der Waals surface area contributed by atoms with Gasteiger partial charge in [0, 0.05) is 11.6 Å². The number of ether oxygens (including phenoxy) is 1. The van der Waals surface area contributed by atoms with Gasteiger partial charge < -0.3 is 9.30 Å². The largest absolute Gasteiger partial charge is 0.377 e. The summed E-state index contributed by atoms with van der Waals surface area (Å²) in [5.74, 6) is 0.875. The summed E-state index contributed by atoms with van der Waals surface area (Å²) in [5, 5.41) is -0.140. The van der Waals surface area contributed by atoms with Gasteiger partial charge in [-0.1, -0.05) is 15.9 Å². The lowest BCUT2D eigenvalue weighted by atomic mass is 10.1. The van der Waals surface area contributed by atoms with Gasteiger partial charge in [0.2, 0.25) is 0 Å². The Kier molecular flexibility index (Phi) is 4.23. The lowest BCUT2D eigenvalue weighted by Crippen LogP contribution is -2.29. The maximum Gasteiger partial charge on any atom is 0.127 e. The van der Waals surface area contributed by atoms with E-state index in [1.54, 1.807) is 7.11 Å². The average Bonchev–Trinajstić information content (AvgIpc) is 2.67. The highest BCUT2D eigenvalue weighted by atomic mass is 79.9. The number of benzene rings is 1. The number of alkyl halides is 1. The number of hydrogen-bond donors (Lipinski definition) is 0. The smallest absolute Gasteiger partial charge is 0.127 e. The van der Waals surface area contributed by atoms with Crippen LogP contribution in [0.4, 0.5) is 0 Å². The zero-order valence-electron chi connectivity index (χ0n) is 11.6. The molecule has 0 aliphatic heterocycles. The van der Waals surface area contributed by atoms with Gasteiger partial charge in [-0.2, -0.15) is 0 Å². The summed E-state index contributed by atoms with van der Waals surface area (Å²) in [6.07, 6.45) is 0. The molecule has 5 heteroatoms. The molecule has 1 atom stereocenters. The normalized spacial score (nSPS) is 14.0. The molecule has 3 nitrogen and oxygen atoms in total. The van der Waals surface area contributed by atoms with Gasteiger partial charge in [0.15, 0.2) is 0 Å². The van der Waals surface area contributed by atoms with Gasteiger partial charge in [-0.05, 0) is 39.0 Å². The Morgan fingerprint density at radius 3 is 2.74 bits per heavy atom. The van der Waals surface area contributed by atoms with Crippen molar-refractivity contribution in [2.45, 2.75) is 38.3 Å². The van der Waals surface area contributed by atoms with Crippen molar-refractivity contribution in [1.82, 2.24) is 9.55 Å². The average molecular weight is 346 g/mol. The molecule has 0 saturated heterocycles. The molecule has 0 fully saturated rings. The molecule has 0 spiro atoms. The maximum atomic E-state index is 6.26. The van der Waals surface area contributed by atoms with E-state index in [-0.39, 0.29) is 11.0 Å². The van der Waals surface area contributed by atoms with Gasteiger partial charge in [-0.15, -0.1) is 11.6 Å². The number of fused-ring (bicyclic) bond motifs is 1. The second-order valence-corrected chi connectivity index (χ2v) is 6.84. The van der Waals surface area contributed by atoms with Crippen LogP contribution in [0.2, 0.25) is 0 Å². The molecule has 104 valence electrons. The van der Waals surface area contributed by atoms with Crippen LogP contribution in [0.15, 0.2) is 22.7 Å². The maximum absolute atomic E-state index is 6.26. The van der Waals surface area contributed by atoms with Crippen LogP contribution >= 0.6 is 27.5 Å². The topological polar surface area (TPSA) is 27.1 Å². The molecule has 1 heterocycles. The third-order valence-corrected chi connectivity index (χ3v) is 3.88. The van der Waals surface area contributed by atoms with Crippen LogP contribution in [0.25, 0.3) is 11.0 Å². The molecule has 1 unspecified atom stereocenters. The lowest BCUT2D eigenvalue weighted by Gasteiger charge is -2.25. The third-order valence-electron chi connectivity index (χ3n) is 3.19. The number of imidazole rings is 1. The highest BCUT2D eigenvalue weighted by molar-refractivity contribution is 9.10. The predicted octanol–water partition coefficient (Wildman–Crippen LogP) is 4.52. The molecule has 0 radical (unpaired) electrons. The number of hydrogen-bond acceptors (Lipinski definition) is 2. The van der Waals surface area contributed by atoms with Gasteiger partial charge in [-0.3, -0.25) is 0 Å².